The van der Waals surface area contributed by atoms with Gasteiger partial charge in [0.05, 0.1) is 28.2 Å². The quantitative estimate of drug-likeness (QED) is 0.331. The molecule has 2 N–H and O–H groups in total. The first kappa shape index (κ1) is 22.9. The average molecular weight is 569 g/mol. The highest BCUT2D eigenvalue weighted by Gasteiger charge is 2.39. The number of carboxylic acid groups (broad SMARTS) is 1. The van der Waals surface area contributed by atoms with Crippen LogP contribution in [0.15, 0.2) is 42.5 Å². The molecule has 7 nitrogen and oxygen atoms in total. The van der Waals surface area contributed by atoms with E-state index in [0.29, 0.717) is 36.1 Å². The first-order chi connectivity index (χ1) is 15.2. The van der Waals surface area contributed by atoms with E-state index in [1.54, 1.807) is 28.8 Å². The zero-order valence-electron chi connectivity index (χ0n) is 17.5. The van der Waals surface area contributed by atoms with E-state index in [-0.39, 0.29) is 15.6 Å². The summed E-state index contributed by atoms with van der Waals surface area (Å²) in [4.78, 5) is 24.6. The van der Waals surface area contributed by atoms with Crippen LogP contribution in [0.4, 0.5) is 0 Å². The summed E-state index contributed by atoms with van der Waals surface area (Å²) in [6, 6.07) is 11.9. The van der Waals surface area contributed by atoms with Gasteiger partial charge >= 0.3 is 5.97 Å². The van der Waals surface area contributed by atoms with Gasteiger partial charge in [0.1, 0.15) is 15.6 Å². The Morgan fingerprint density at radius 1 is 1.28 bits per heavy atom. The molecule has 2 atom stereocenters. The van der Waals surface area contributed by atoms with Gasteiger partial charge in [-0.3, -0.25) is 4.79 Å². The fraction of sp³-hybridized carbons (Fsp3) is 0.304. The van der Waals surface area contributed by atoms with Crippen molar-refractivity contribution in [3.63, 3.8) is 0 Å². The van der Waals surface area contributed by atoms with Gasteiger partial charge in [-0.2, -0.15) is 0 Å². The van der Waals surface area contributed by atoms with E-state index in [4.69, 9.17) is 21.1 Å². The summed E-state index contributed by atoms with van der Waals surface area (Å²) in [5.41, 5.74) is 1.50. The van der Waals surface area contributed by atoms with Crippen molar-refractivity contribution in [2.75, 3.05) is 13.2 Å². The number of aromatic carboxylic acids is 1. The number of fused-ring (bicyclic) bond motifs is 1. The molecule has 32 heavy (non-hydrogen) atoms. The Morgan fingerprint density at radius 3 is 2.59 bits per heavy atom. The number of benzene rings is 2. The standard InChI is InChI=1S/C23H22ClIN2O5/c1-13(25)32-16-9-18(24)17-11-20(27(2)19(17)10-16)21(28)26-23(7-8-31-12-23)15-5-3-14(4-6-15)22(29)30/h3-6,9-11,13H,7-8,12H2,1-2H3,(H,26,28)(H,29,30). The number of rotatable bonds is 6. The Labute approximate surface area is 203 Å². The molecule has 2 heterocycles. The van der Waals surface area contributed by atoms with Crippen molar-refractivity contribution in [3.8, 4) is 5.75 Å². The topological polar surface area (TPSA) is 89.8 Å². The molecule has 1 amide bonds. The lowest BCUT2D eigenvalue weighted by molar-refractivity contribution is 0.0696. The molecular weight excluding hydrogens is 547 g/mol. The fourth-order valence-electron chi connectivity index (χ4n) is 4.01. The third-order valence-corrected chi connectivity index (χ3v) is 6.24. The van der Waals surface area contributed by atoms with Crippen LogP contribution in [0, 0.1) is 0 Å². The second-order valence-corrected chi connectivity index (χ2v) is 9.97. The molecule has 3 aromatic rings. The van der Waals surface area contributed by atoms with Crippen LogP contribution in [0.1, 0.15) is 39.8 Å². The Hall–Kier alpha value is -2.30. The number of hydrogen-bond acceptors (Lipinski definition) is 4. The third-order valence-electron chi connectivity index (χ3n) is 5.67. The molecule has 0 bridgehead atoms. The van der Waals surface area contributed by atoms with Crippen LogP contribution in [0.3, 0.4) is 0 Å². The van der Waals surface area contributed by atoms with Gasteiger partial charge in [-0.15, -0.1) is 0 Å². The number of halogens is 2. The number of carbonyl (C=O) groups is 2. The summed E-state index contributed by atoms with van der Waals surface area (Å²) in [7, 11) is 1.81. The second kappa shape index (κ2) is 8.92. The van der Waals surface area contributed by atoms with E-state index in [2.05, 4.69) is 27.9 Å². The summed E-state index contributed by atoms with van der Waals surface area (Å²) in [5, 5.41) is 13.6. The number of aryl methyl sites for hydroxylation is 1. The van der Waals surface area contributed by atoms with Gasteiger partial charge in [-0.05, 0) is 59.3 Å². The van der Waals surface area contributed by atoms with E-state index < -0.39 is 11.5 Å². The molecule has 168 valence electrons. The van der Waals surface area contributed by atoms with Crippen LogP contribution in [0.5, 0.6) is 5.75 Å². The van der Waals surface area contributed by atoms with Gasteiger partial charge in [0, 0.05) is 31.5 Å². The number of hydrogen-bond donors (Lipinski definition) is 2. The van der Waals surface area contributed by atoms with Crippen molar-refractivity contribution in [2.45, 2.75) is 23.0 Å². The van der Waals surface area contributed by atoms with E-state index in [1.807, 2.05) is 20.0 Å². The zero-order valence-corrected chi connectivity index (χ0v) is 20.4. The molecule has 2 unspecified atom stereocenters. The fourth-order valence-corrected chi connectivity index (χ4v) is 4.57. The Balaban J connectivity index is 1.68. The number of nitrogens with zero attached hydrogens (tertiary/aromatic N) is 1. The minimum atomic E-state index is -0.995. The summed E-state index contributed by atoms with van der Waals surface area (Å²) < 4.78 is 13.1. The molecule has 1 aliphatic rings. The Kier molecular flexibility index (Phi) is 6.37. The summed E-state index contributed by atoms with van der Waals surface area (Å²) in [6.07, 6.45) is 0.585. The van der Waals surface area contributed by atoms with Crippen molar-refractivity contribution in [1.29, 1.82) is 0 Å². The largest absolute Gasteiger partial charge is 0.480 e. The number of carbonyl (C=O) groups excluding carboxylic acids is 1. The van der Waals surface area contributed by atoms with E-state index in [1.165, 1.54) is 12.1 Å². The van der Waals surface area contributed by atoms with Crippen molar-refractivity contribution < 1.29 is 24.2 Å². The molecule has 1 aliphatic heterocycles. The van der Waals surface area contributed by atoms with Gasteiger partial charge in [0.2, 0.25) is 0 Å². The van der Waals surface area contributed by atoms with E-state index in [0.717, 1.165) is 16.5 Å². The maximum Gasteiger partial charge on any atom is 0.335 e. The first-order valence-electron chi connectivity index (χ1n) is 10.0. The van der Waals surface area contributed by atoms with Crippen LogP contribution in [0.25, 0.3) is 10.9 Å². The van der Waals surface area contributed by atoms with E-state index in [9.17, 15) is 14.7 Å². The maximum absolute atomic E-state index is 13.4. The SMILES string of the molecule is CC(I)Oc1cc(Cl)c2cc(C(=O)NC3(c4ccc(C(=O)O)cc4)CCOC3)n(C)c2c1. The molecule has 9 heteroatoms. The van der Waals surface area contributed by atoms with Crippen LogP contribution >= 0.6 is 34.2 Å². The second-order valence-electron chi connectivity index (χ2n) is 7.81. The number of carboxylic acids is 1. The maximum atomic E-state index is 13.4. The van der Waals surface area contributed by atoms with Crippen LogP contribution in [-0.4, -0.2) is 38.9 Å². The molecule has 1 fully saturated rings. The molecule has 1 aromatic heterocycles. The molecule has 0 saturated carbocycles. The highest BCUT2D eigenvalue weighted by molar-refractivity contribution is 14.1. The highest BCUT2D eigenvalue weighted by Crippen LogP contribution is 2.34. The number of aromatic nitrogens is 1. The van der Waals surface area contributed by atoms with Crippen molar-refractivity contribution in [2.24, 2.45) is 7.05 Å². The van der Waals surface area contributed by atoms with E-state index >= 15 is 0 Å². The van der Waals surface area contributed by atoms with Gasteiger partial charge in [0.15, 0.2) is 0 Å². The lowest BCUT2D eigenvalue weighted by Crippen LogP contribution is -2.47. The Morgan fingerprint density at radius 2 is 2.00 bits per heavy atom. The monoisotopic (exact) mass is 568 g/mol. The highest BCUT2D eigenvalue weighted by atomic mass is 127. The van der Waals surface area contributed by atoms with Gasteiger partial charge in [-0.1, -0.05) is 23.7 Å². The van der Waals surface area contributed by atoms with Crippen molar-refractivity contribution >= 4 is 57.0 Å². The normalized spacial score (nSPS) is 19.1. The minimum Gasteiger partial charge on any atom is -0.480 e. The smallest absolute Gasteiger partial charge is 0.335 e. The molecule has 0 radical (unpaired) electrons. The van der Waals surface area contributed by atoms with Gasteiger partial charge in [-0.25, -0.2) is 4.79 Å². The van der Waals surface area contributed by atoms with Crippen LogP contribution in [-0.2, 0) is 17.3 Å². The molecule has 1 saturated heterocycles. The van der Waals surface area contributed by atoms with Crippen LogP contribution < -0.4 is 10.1 Å². The Bertz CT molecular complexity index is 1180. The number of amides is 1. The van der Waals surface area contributed by atoms with Gasteiger partial charge in [0.25, 0.3) is 5.91 Å². The minimum absolute atomic E-state index is 0.0288. The first-order valence-corrected chi connectivity index (χ1v) is 11.7. The molecule has 0 spiro atoms. The van der Waals surface area contributed by atoms with Crippen molar-refractivity contribution in [1.82, 2.24) is 9.88 Å². The summed E-state index contributed by atoms with van der Waals surface area (Å²) in [5.74, 6) is -0.626. The average Bonchev–Trinajstić information content (AvgIpc) is 3.34. The predicted molar refractivity (Wildman–Crippen MR) is 130 cm³/mol. The molecule has 4 rings (SSSR count). The molecule has 2 aromatic carbocycles. The lowest BCUT2D eigenvalue weighted by atomic mass is 9.88. The number of ether oxygens (including phenoxy) is 2. The third kappa shape index (κ3) is 4.31. The molecular formula is C23H22ClIN2O5. The summed E-state index contributed by atoms with van der Waals surface area (Å²) >= 11 is 8.64. The molecule has 0 aliphatic carbocycles. The van der Waals surface area contributed by atoms with Crippen molar-refractivity contribution in [3.05, 3.63) is 64.3 Å². The number of alkyl halides is 1. The lowest BCUT2D eigenvalue weighted by Gasteiger charge is -2.29. The predicted octanol–water partition coefficient (Wildman–Crippen LogP) is 4.74. The van der Waals surface area contributed by atoms with Gasteiger partial charge < -0.3 is 24.5 Å². The number of nitrogens with one attached hydrogen (secondary N) is 1. The van der Waals surface area contributed by atoms with Crippen LogP contribution in [0.2, 0.25) is 5.02 Å². The summed E-state index contributed by atoms with van der Waals surface area (Å²) in [6.45, 7) is 2.73. The zero-order chi connectivity index (χ0) is 23.0.